The van der Waals surface area contributed by atoms with Gasteiger partial charge in [-0.2, -0.15) is 0 Å². The average molecular weight is 280 g/mol. The molecule has 0 heterocycles. The summed E-state index contributed by atoms with van der Waals surface area (Å²) in [5.74, 6) is -0.588. The summed E-state index contributed by atoms with van der Waals surface area (Å²) in [4.78, 5) is 23.2. The van der Waals surface area contributed by atoms with E-state index in [0.29, 0.717) is 24.5 Å². The fourth-order valence-corrected chi connectivity index (χ4v) is 1.43. The molecule has 0 N–H and O–H groups in total. The van der Waals surface area contributed by atoms with Crippen LogP contribution >= 0.6 is 0 Å². The van der Waals surface area contributed by atoms with Crippen LogP contribution in [-0.4, -0.2) is 31.8 Å². The summed E-state index contributed by atoms with van der Waals surface area (Å²) < 4.78 is 15.3. The van der Waals surface area contributed by atoms with Crippen molar-refractivity contribution in [2.75, 3.05) is 19.8 Å². The number of ether oxygens (including phenoxy) is 3. The minimum atomic E-state index is -0.455. The second-order valence-electron chi connectivity index (χ2n) is 4.14. The number of esters is 2. The normalized spacial score (nSPS) is 9.90. The Morgan fingerprint density at radius 2 is 1.65 bits per heavy atom. The number of benzene rings is 1. The molecule has 1 aromatic rings. The molecule has 0 radical (unpaired) electrons. The highest BCUT2D eigenvalue weighted by atomic mass is 16.6. The zero-order valence-corrected chi connectivity index (χ0v) is 11.9. The first-order valence-electron chi connectivity index (χ1n) is 6.73. The van der Waals surface area contributed by atoms with Gasteiger partial charge in [-0.05, 0) is 25.0 Å². The summed E-state index contributed by atoms with van der Waals surface area (Å²) in [6, 6.07) is 6.66. The van der Waals surface area contributed by atoms with Crippen molar-refractivity contribution in [3.63, 3.8) is 0 Å². The number of rotatable bonds is 8. The van der Waals surface area contributed by atoms with Gasteiger partial charge >= 0.3 is 11.9 Å². The minimum absolute atomic E-state index is 0.224. The fourth-order valence-electron chi connectivity index (χ4n) is 1.43. The summed E-state index contributed by atoms with van der Waals surface area (Å²) in [5, 5.41) is 0. The van der Waals surface area contributed by atoms with Gasteiger partial charge in [0, 0.05) is 0 Å². The predicted octanol–water partition coefficient (Wildman–Crippen LogP) is 2.59. The highest BCUT2D eigenvalue weighted by molar-refractivity contribution is 5.92. The molecule has 5 nitrogen and oxygen atoms in total. The van der Waals surface area contributed by atoms with Gasteiger partial charge in [-0.25, -0.2) is 9.59 Å². The summed E-state index contributed by atoms with van der Waals surface area (Å²) in [7, 11) is 0. The lowest BCUT2D eigenvalue weighted by Gasteiger charge is -2.10. The molecule has 110 valence electrons. The standard InChI is InChI=1S/C15H20O5/c1-3-9-18-14(16)11-20-13-8-6-5-7-12(13)15(17)19-10-4-2/h5-8H,3-4,9-11H2,1-2H3. The highest BCUT2D eigenvalue weighted by Gasteiger charge is 2.14. The molecule has 0 unspecified atom stereocenters. The SMILES string of the molecule is CCCOC(=O)COc1ccccc1C(=O)OCCC. The van der Waals surface area contributed by atoms with Crippen LogP contribution in [0.4, 0.5) is 0 Å². The molecule has 0 atom stereocenters. The van der Waals surface area contributed by atoms with Gasteiger partial charge in [-0.3, -0.25) is 0 Å². The van der Waals surface area contributed by atoms with Crippen LogP contribution < -0.4 is 4.74 Å². The van der Waals surface area contributed by atoms with Crippen LogP contribution in [0, 0.1) is 0 Å². The molecule has 0 amide bonds. The molecule has 1 aromatic carbocycles. The number of hydrogen-bond donors (Lipinski definition) is 0. The van der Waals surface area contributed by atoms with Gasteiger partial charge in [-0.1, -0.05) is 26.0 Å². The number of carbonyl (C=O) groups is 2. The van der Waals surface area contributed by atoms with E-state index in [4.69, 9.17) is 14.2 Å². The van der Waals surface area contributed by atoms with Crippen molar-refractivity contribution in [2.24, 2.45) is 0 Å². The lowest BCUT2D eigenvalue weighted by atomic mass is 10.2. The molecule has 5 heteroatoms. The molecule has 0 aliphatic carbocycles. The van der Waals surface area contributed by atoms with Crippen LogP contribution in [0.2, 0.25) is 0 Å². The van der Waals surface area contributed by atoms with E-state index in [-0.39, 0.29) is 6.61 Å². The van der Waals surface area contributed by atoms with Crippen molar-refractivity contribution < 1.29 is 23.8 Å². The zero-order valence-electron chi connectivity index (χ0n) is 11.9. The highest BCUT2D eigenvalue weighted by Crippen LogP contribution is 2.19. The Labute approximate surface area is 118 Å². The lowest BCUT2D eigenvalue weighted by Crippen LogP contribution is -2.17. The Bertz CT molecular complexity index is 442. The third-order valence-corrected chi connectivity index (χ3v) is 2.36. The second kappa shape index (κ2) is 8.96. The van der Waals surface area contributed by atoms with Crippen molar-refractivity contribution in [2.45, 2.75) is 26.7 Å². The van der Waals surface area contributed by atoms with E-state index >= 15 is 0 Å². The smallest absolute Gasteiger partial charge is 0.344 e. The Kier molecular flexibility index (Phi) is 7.17. The summed E-state index contributed by atoms with van der Waals surface area (Å²) >= 11 is 0. The molecule has 1 rings (SSSR count). The van der Waals surface area contributed by atoms with Crippen molar-refractivity contribution in [3.05, 3.63) is 29.8 Å². The van der Waals surface area contributed by atoms with Crippen LogP contribution in [-0.2, 0) is 14.3 Å². The Morgan fingerprint density at radius 1 is 1.00 bits per heavy atom. The third-order valence-electron chi connectivity index (χ3n) is 2.36. The van der Waals surface area contributed by atoms with Gasteiger partial charge in [0.05, 0.1) is 13.2 Å². The maximum atomic E-state index is 11.8. The predicted molar refractivity (Wildman–Crippen MR) is 73.8 cm³/mol. The summed E-state index contributed by atoms with van der Waals surface area (Å²) in [5.41, 5.74) is 0.309. The molecule has 0 fully saturated rings. The summed E-state index contributed by atoms with van der Waals surface area (Å²) in [6.07, 6.45) is 1.50. The van der Waals surface area contributed by atoms with E-state index in [9.17, 15) is 9.59 Å². The van der Waals surface area contributed by atoms with Crippen molar-refractivity contribution >= 4 is 11.9 Å². The van der Waals surface area contributed by atoms with E-state index < -0.39 is 11.9 Å². The topological polar surface area (TPSA) is 61.8 Å². The molecule has 0 aliphatic heterocycles. The molecule has 0 bridgehead atoms. The van der Waals surface area contributed by atoms with Gasteiger partial charge in [0.2, 0.25) is 0 Å². The maximum Gasteiger partial charge on any atom is 0.344 e. The molecule has 20 heavy (non-hydrogen) atoms. The molecular weight excluding hydrogens is 260 g/mol. The Morgan fingerprint density at radius 3 is 2.35 bits per heavy atom. The van der Waals surface area contributed by atoms with E-state index in [1.165, 1.54) is 0 Å². The average Bonchev–Trinajstić information content (AvgIpc) is 2.48. The molecular formula is C15H20O5. The fraction of sp³-hybridized carbons (Fsp3) is 0.467. The van der Waals surface area contributed by atoms with Crippen molar-refractivity contribution in [1.82, 2.24) is 0 Å². The molecule has 0 aliphatic rings. The van der Waals surface area contributed by atoms with E-state index in [2.05, 4.69) is 0 Å². The maximum absolute atomic E-state index is 11.8. The van der Waals surface area contributed by atoms with Gasteiger partial charge in [0.25, 0.3) is 0 Å². The second-order valence-corrected chi connectivity index (χ2v) is 4.14. The molecule has 0 saturated carbocycles. The number of hydrogen-bond acceptors (Lipinski definition) is 5. The third kappa shape index (κ3) is 5.30. The van der Waals surface area contributed by atoms with Crippen LogP contribution in [0.5, 0.6) is 5.75 Å². The van der Waals surface area contributed by atoms with E-state index in [1.54, 1.807) is 24.3 Å². The van der Waals surface area contributed by atoms with Gasteiger partial charge in [0.1, 0.15) is 11.3 Å². The number of para-hydroxylation sites is 1. The monoisotopic (exact) mass is 280 g/mol. The minimum Gasteiger partial charge on any atom is -0.481 e. The largest absolute Gasteiger partial charge is 0.481 e. The quantitative estimate of drug-likeness (QED) is 0.685. The van der Waals surface area contributed by atoms with Gasteiger partial charge in [0.15, 0.2) is 6.61 Å². The molecule has 0 saturated heterocycles. The Hall–Kier alpha value is -2.04. The molecule has 0 spiro atoms. The van der Waals surface area contributed by atoms with Crippen LogP contribution in [0.1, 0.15) is 37.0 Å². The Balaban J connectivity index is 2.61. The first kappa shape index (κ1) is 16.0. The van der Waals surface area contributed by atoms with Crippen molar-refractivity contribution in [3.8, 4) is 5.75 Å². The zero-order chi connectivity index (χ0) is 14.8. The van der Waals surface area contributed by atoms with Gasteiger partial charge < -0.3 is 14.2 Å². The van der Waals surface area contributed by atoms with E-state index in [0.717, 1.165) is 12.8 Å². The number of carbonyl (C=O) groups excluding carboxylic acids is 2. The molecule has 0 aromatic heterocycles. The first-order chi connectivity index (χ1) is 9.69. The van der Waals surface area contributed by atoms with Gasteiger partial charge in [-0.15, -0.1) is 0 Å². The summed E-state index contributed by atoms with van der Waals surface area (Å²) in [6.45, 7) is 4.32. The van der Waals surface area contributed by atoms with E-state index in [1.807, 2.05) is 13.8 Å². The lowest BCUT2D eigenvalue weighted by molar-refractivity contribution is -0.146. The van der Waals surface area contributed by atoms with Crippen LogP contribution in [0.3, 0.4) is 0 Å². The van der Waals surface area contributed by atoms with Crippen molar-refractivity contribution in [1.29, 1.82) is 0 Å². The first-order valence-corrected chi connectivity index (χ1v) is 6.73. The van der Waals surface area contributed by atoms with Crippen LogP contribution in [0.25, 0.3) is 0 Å². The van der Waals surface area contributed by atoms with Crippen LogP contribution in [0.15, 0.2) is 24.3 Å².